The monoisotopic (exact) mass is 420 g/mol. The van der Waals surface area contributed by atoms with Crippen LogP contribution in [-0.4, -0.2) is 70.6 Å². The summed E-state index contributed by atoms with van der Waals surface area (Å²) in [6.45, 7) is 6.14. The molecular weight excluding hydrogens is 388 g/mol. The zero-order valence-electron chi connectivity index (χ0n) is 17.8. The minimum absolute atomic E-state index is 0.0559. The summed E-state index contributed by atoms with van der Waals surface area (Å²) in [6, 6.07) is 0. The minimum atomic E-state index is -0.994. The van der Waals surface area contributed by atoms with Crippen molar-refractivity contribution in [2.45, 2.75) is 76.2 Å². The summed E-state index contributed by atoms with van der Waals surface area (Å²) in [5.41, 5.74) is -0.378. The molecule has 3 fully saturated rings. The second-order valence-electron chi connectivity index (χ2n) is 9.39. The molecule has 4 rings (SSSR count). The summed E-state index contributed by atoms with van der Waals surface area (Å²) in [7, 11) is 0. The van der Waals surface area contributed by atoms with Gasteiger partial charge in [0.1, 0.15) is 11.7 Å². The summed E-state index contributed by atoms with van der Waals surface area (Å²) in [4.78, 5) is 12.5. The highest BCUT2D eigenvalue weighted by molar-refractivity contribution is 5.82. The molecule has 166 valence electrons. The van der Waals surface area contributed by atoms with E-state index in [1.807, 2.05) is 0 Å². The fraction of sp³-hybridized carbons (Fsp3) is 0.696. The lowest BCUT2D eigenvalue weighted by Crippen LogP contribution is -2.66. The second-order valence-corrected chi connectivity index (χ2v) is 9.39. The second kappa shape index (κ2) is 7.57. The molecule has 7 heteroatoms. The molecule has 1 saturated carbocycles. The van der Waals surface area contributed by atoms with Gasteiger partial charge < -0.3 is 29.5 Å². The van der Waals surface area contributed by atoms with Gasteiger partial charge in [-0.3, -0.25) is 0 Å². The molecule has 2 saturated heterocycles. The van der Waals surface area contributed by atoms with Gasteiger partial charge in [-0.15, -0.1) is 0 Å². The van der Waals surface area contributed by atoms with E-state index < -0.39 is 40.7 Å². The lowest BCUT2D eigenvalue weighted by molar-refractivity contribution is -0.228. The molecule has 3 N–H and O–H groups in total. The predicted molar refractivity (Wildman–Crippen MR) is 108 cm³/mol. The third-order valence-electron chi connectivity index (χ3n) is 7.90. The zero-order valence-corrected chi connectivity index (χ0v) is 17.8. The SMILES string of the molecule is CC1=C[C@H]2O[C@@H]3C[C@@H](OC(=O)/C=C\C=C\[C@H](O)[C@H](C)O)[C@](C)([C@@]2(CO)CC1)[C@@]31CO1. The number of carbonyl (C=O) groups is 1. The Kier molecular flexibility index (Phi) is 5.48. The minimum Gasteiger partial charge on any atom is -0.458 e. The van der Waals surface area contributed by atoms with Gasteiger partial charge in [-0.05, 0) is 26.7 Å². The average molecular weight is 421 g/mol. The number of hydrogen-bond donors (Lipinski definition) is 3. The molecule has 2 aliphatic heterocycles. The topological polar surface area (TPSA) is 109 Å². The van der Waals surface area contributed by atoms with Crippen molar-refractivity contribution >= 4 is 5.97 Å². The van der Waals surface area contributed by atoms with Crippen LogP contribution in [0, 0.1) is 10.8 Å². The van der Waals surface area contributed by atoms with Crippen LogP contribution in [0.4, 0.5) is 0 Å². The highest BCUT2D eigenvalue weighted by atomic mass is 16.6. The van der Waals surface area contributed by atoms with Crippen molar-refractivity contribution in [2.75, 3.05) is 13.2 Å². The van der Waals surface area contributed by atoms with Crippen molar-refractivity contribution < 1.29 is 34.3 Å². The third-order valence-corrected chi connectivity index (χ3v) is 7.90. The van der Waals surface area contributed by atoms with Crippen molar-refractivity contribution in [3.63, 3.8) is 0 Å². The number of hydrogen-bond acceptors (Lipinski definition) is 7. The van der Waals surface area contributed by atoms with Crippen LogP contribution >= 0.6 is 0 Å². The molecular formula is C23H32O7. The smallest absolute Gasteiger partial charge is 0.331 e. The summed E-state index contributed by atoms with van der Waals surface area (Å²) in [5, 5.41) is 29.4. The molecule has 0 radical (unpaired) electrons. The number of aliphatic hydroxyl groups excluding tert-OH is 3. The predicted octanol–water partition coefficient (Wildman–Crippen LogP) is 1.42. The van der Waals surface area contributed by atoms with Crippen molar-refractivity contribution in [1.82, 2.24) is 0 Å². The van der Waals surface area contributed by atoms with Gasteiger partial charge in [0.25, 0.3) is 0 Å². The van der Waals surface area contributed by atoms with Gasteiger partial charge in [-0.1, -0.05) is 36.8 Å². The normalized spacial score (nSPS) is 44.2. The van der Waals surface area contributed by atoms with Gasteiger partial charge in [-0.2, -0.15) is 0 Å². The Morgan fingerprint density at radius 3 is 2.77 bits per heavy atom. The Hall–Kier alpha value is -1.51. The Morgan fingerprint density at radius 1 is 1.40 bits per heavy atom. The zero-order chi connectivity index (χ0) is 21.7. The van der Waals surface area contributed by atoms with E-state index in [1.54, 1.807) is 0 Å². The van der Waals surface area contributed by atoms with E-state index in [1.165, 1.54) is 36.8 Å². The first-order chi connectivity index (χ1) is 14.2. The van der Waals surface area contributed by atoms with Gasteiger partial charge in [0.05, 0.1) is 37.6 Å². The molecule has 1 spiro atoms. The fourth-order valence-corrected chi connectivity index (χ4v) is 5.82. The van der Waals surface area contributed by atoms with E-state index in [9.17, 15) is 20.1 Å². The van der Waals surface area contributed by atoms with Crippen LogP contribution in [0.3, 0.4) is 0 Å². The molecule has 0 aromatic rings. The highest BCUT2D eigenvalue weighted by Crippen LogP contribution is 2.71. The molecule has 8 atom stereocenters. The summed E-state index contributed by atoms with van der Waals surface area (Å²) in [5.74, 6) is -0.493. The fourth-order valence-electron chi connectivity index (χ4n) is 5.82. The van der Waals surface area contributed by atoms with Crippen LogP contribution in [0.1, 0.15) is 40.0 Å². The van der Waals surface area contributed by atoms with Crippen LogP contribution in [0.5, 0.6) is 0 Å². The summed E-state index contributed by atoms with van der Waals surface area (Å²) >= 11 is 0. The average Bonchev–Trinajstić information content (AvgIpc) is 3.48. The van der Waals surface area contributed by atoms with Crippen molar-refractivity contribution in [3.05, 3.63) is 36.0 Å². The number of fused-ring (bicyclic) bond motifs is 2. The van der Waals surface area contributed by atoms with Crippen LogP contribution < -0.4 is 0 Å². The van der Waals surface area contributed by atoms with Gasteiger partial charge >= 0.3 is 5.97 Å². The lowest BCUT2D eigenvalue weighted by Gasteiger charge is -2.58. The van der Waals surface area contributed by atoms with E-state index in [-0.39, 0.29) is 18.8 Å². The van der Waals surface area contributed by atoms with Crippen molar-refractivity contribution in [1.29, 1.82) is 0 Å². The summed E-state index contributed by atoms with van der Waals surface area (Å²) in [6.07, 6.45) is 7.27. The van der Waals surface area contributed by atoms with Crippen molar-refractivity contribution in [2.24, 2.45) is 10.8 Å². The largest absolute Gasteiger partial charge is 0.458 e. The number of ether oxygens (including phenoxy) is 3. The molecule has 0 aromatic heterocycles. The van der Waals surface area contributed by atoms with Gasteiger partial charge in [0.15, 0.2) is 0 Å². The summed E-state index contributed by atoms with van der Waals surface area (Å²) < 4.78 is 18.3. The first-order valence-corrected chi connectivity index (χ1v) is 10.7. The van der Waals surface area contributed by atoms with E-state index in [2.05, 4.69) is 19.9 Å². The van der Waals surface area contributed by atoms with E-state index in [0.717, 1.165) is 12.8 Å². The maximum Gasteiger partial charge on any atom is 0.331 e. The molecule has 2 bridgehead atoms. The first-order valence-electron chi connectivity index (χ1n) is 10.7. The number of esters is 1. The molecule has 0 unspecified atom stereocenters. The Morgan fingerprint density at radius 2 is 2.13 bits per heavy atom. The first kappa shape index (κ1) is 21.7. The number of rotatable bonds is 6. The number of allylic oxidation sites excluding steroid dienone is 3. The van der Waals surface area contributed by atoms with Crippen LogP contribution in [0.25, 0.3) is 0 Å². The van der Waals surface area contributed by atoms with E-state index >= 15 is 0 Å². The van der Waals surface area contributed by atoms with Gasteiger partial charge in [-0.25, -0.2) is 4.79 Å². The molecule has 0 amide bonds. The van der Waals surface area contributed by atoms with E-state index in [0.29, 0.717) is 13.0 Å². The van der Waals surface area contributed by atoms with Crippen LogP contribution in [0.15, 0.2) is 36.0 Å². The molecule has 2 aliphatic carbocycles. The van der Waals surface area contributed by atoms with Crippen LogP contribution in [0.2, 0.25) is 0 Å². The van der Waals surface area contributed by atoms with Crippen LogP contribution in [-0.2, 0) is 19.0 Å². The van der Waals surface area contributed by atoms with E-state index in [4.69, 9.17) is 14.2 Å². The molecule has 4 aliphatic rings. The van der Waals surface area contributed by atoms with Gasteiger partial charge in [0.2, 0.25) is 0 Å². The molecule has 30 heavy (non-hydrogen) atoms. The molecule has 0 aromatic carbocycles. The highest BCUT2D eigenvalue weighted by Gasteiger charge is 2.82. The maximum absolute atomic E-state index is 12.5. The maximum atomic E-state index is 12.5. The number of aliphatic hydroxyl groups is 3. The molecule has 7 nitrogen and oxygen atoms in total. The Bertz CT molecular complexity index is 780. The third kappa shape index (κ3) is 3.02. The standard InChI is InChI=1S/C23H32O7/c1-14-8-9-22(12-24)18(10-14)29-19-11-17(21(22,3)23(19)13-28-23)30-20(27)7-5-4-6-16(26)15(2)25/h4-7,10,15-19,24-26H,8-9,11-13H2,1-3H3/b6-4+,7-5-/t15-,16-,17+,18+,19+,21+,22+,23+/m0/s1. The number of carbonyl (C=O) groups excluding carboxylic acids is 1. The molecule has 2 heterocycles. The Balaban J connectivity index is 1.55. The van der Waals surface area contributed by atoms with Crippen molar-refractivity contribution in [3.8, 4) is 0 Å². The number of epoxide rings is 1. The Labute approximate surface area is 177 Å². The van der Waals surface area contributed by atoms with Gasteiger partial charge in [0, 0.05) is 23.3 Å². The quantitative estimate of drug-likeness (QED) is 0.196. The lowest BCUT2D eigenvalue weighted by atomic mass is 9.51.